The summed E-state index contributed by atoms with van der Waals surface area (Å²) < 4.78 is 0. The van der Waals surface area contributed by atoms with Gasteiger partial charge in [0.15, 0.2) is 0 Å². The van der Waals surface area contributed by atoms with Crippen LogP contribution in [0.1, 0.15) is 12.0 Å². The molecule has 1 aromatic carbocycles. The number of hydrogen-bond acceptors (Lipinski definition) is 5. The summed E-state index contributed by atoms with van der Waals surface area (Å²) in [6, 6.07) is 1.82. The predicted molar refractivity (Wildman–Crippen MR) is 72.2 cm³/mol. The van der Waals surface area contributed by atoms with Crippen LogP contribution in [0.2, 0.25) is 5.02 Å². The second kappa shape index (κ2) is 5.26. The molecule has 2 unspecified atom stereocenters. The van der Waals surface area contributed by atoms with Gasteiger partial charge in [-0.1, -0.05) is 11.6 Å². The molecule has 7 nitrogen and oxygen atoms in total. The number of carbonyl (C=O) groups is 1. The van der Waals surface area contributed by atoms with E-state index in [0.717, 1.165) is 0 Å². The smallest absolute Gasteiger partial charge is 0.326 e. The number of aliphatic hydroxyl groups excluding tert-OH is 1. The Morgan fingerprint density at radius 2 is 2.20 bits per heavy atom. The normalized spacial score (nSPS) is 22.1. The van der Waals surface area contributed by atoms with Gasteiger partial charge in [-0.15, -0.1) is 0 Å². The number of nitro groups is 1. The fourth-order valence-electron chi connectivity index (χ4n) is 2.42. The van der Waals surface area contributed by atoms with Crippen molar-refractivity contribution in [2.45, 2.75) is 25.5 Å². The average molecular weight is 301 g/mol. The monoisotopic (exact) mass is 300 g/mol. The molecule has 2 N–H and O–H groups in total. The van der Waals surface area contributed by atoms with E-state index in [1.54, 1.807) is 6.92 Å². The molecule has 20 heavy (non-hydrogen) atoms. The van der Waals surface area contributed by atoms with Crippen LogP contribution < -0.4 is 4.90 Å². The quantitative estimate of drug-likeness (QED) is 0.649. The van der Waals surface area contributed by atoms with Crippen LogP contribution in [-0.2, 0) is 4.79 Å². The number of aliphatic carboxylic acids is 1. The van der Waals surface area contributed by atoms with Gasteiger partial charge in [0.1, 0.15) is 11.1 Å². The Hall–Kier alpha value is -1.86. The number of β-amino-alcohol motifs (C(OH)–C–C–N with tert-alkyl or cyclic N) is 1. The highest BCUT2D eigenvalue weighted by molar-refractivity contribution is 6.33. The highest BCUT2D eigenvalue weighted by atomic mass is 35.5. The molecule has 8 heteroatoms. The average Bonchev–Trinajstić information content (AvgIpc) is 2.73. The number of benzene rings is 1. The minimum absolute atomic E-state index is 0.0545. The van der Waals surface area contributed by atoms with Crippen molar-refractivity contribution in [2.75, 3.05) is 11.4 Å². The number of carboxylic acids is 1. The number of hydrogen-bond donors (Lipinski definition) is 2. The minimum Gasteiger partial charge on any atom is -0.480 e. The first kappa shape index (κ1) is 14.5. The molecule has 0 spiro atoms. The van der Waals surface area contributed by atoms with Crippen LogP contribution in [0.25, 0.3) is 0 Å². The zero-order chi connectivity index (χ0) is 15.0. The van der Waals surface area contributed by atoms with Gasteiger partial charge in [-0.25, -0.2) is 4.79 Å². The lowest BCUT2D eigenvalue weighted by Crippen LogP contribution is -2.36. The molecule has 0 amide bonds. The van der Waals surface area contributed by atoms with Gasteiger partial charge in [-0.05, 0) is 18.6 Å². The molecule has 108 valence electrons. The molecule has 0 aromatic heterocycles. The first-order valence-corrected chi connectivity index (χ1v) is 6.31. The Bertz CT molecular complexity index is 577. The number of rotatable bonds is 3. The summed E-state index contributed by atoms with van der Waals surface area (Å²) in [4.78, 5) is 22.9. The summed E-state index contributed by atoms with van der Waals surface area (Å²) in [7, 11) is 0. The van der Waals surface area contributed by atoms with E-state index in [4.69, 9.17) is 11.6 Å². The van der Waals surface area contributed by atoms with Crippen LogP contribution in [0.3, 0.4) is 0 Å². The third-order valence-corrected chi connectivity index (χ3v) is 3.64. The Labute approximate surface area is 119 Å². The van der Waals surface area contributed by atoms with Crippen LogP contribution in [0, 0.1) is 17.0 Å². The zero-order valence-corrected chi connectivity index (χ0v) is 11.4. The van der Waals surface area contributed by atoms with Crippen molar-refractivity contribution in [2.24, 2.45) is 0 Å². The Morgan fingerprint density at radius 1 is 1.55 bits per heavy atom. The van der Waals surface area contributed by atoms with Crippen molar-refractivity contribution < 1.29 is 19.9 Å². The largest absolute Gasteiger partial charge is 0.480 e. The molecule has 1 heterocycles. The lowest BCUT2D eigenvalue weighted by molar-refractivity contribution is -0.384. The SMILES string of the molecule is Cc1cc([N+](=O)[O-])c(Cl)cc1N1CC(O)CC1C(=O)O. The Morgan fingerprint density at radius 3 is 2.75 bits per heavy atom. The van der Waals surface area contributed by atoms with Gasteiger partial charge in [0.05, 0.1) is 11.0 Å². The van der Waals surface area contributed by atoms with Crippen molar-refractivity contribution in [3.63, 3.8) is 0 Å². The third kappa shape index (κ3) is 2.54. The number of halogens is 1. The summed E-state index contributed by atoms with van der Waals surface area (Å²) in [6.07, 6.45) is -0.631. The van der Waals surface area contributed by atoms with E-state index in [1.165, 1.54) is 17.0 Å². The Kier molecular flexibility index (Phi) is 3.82. The molecule has 0 aliphatic carbocycles. The second-order valence-electron chi connectivity index (χ2n) is 4.74. The highest BCUT2D eigenvalue weighted by Gasteiger charge is 2.37. The van der Waals surface area contributed by atoms with E-state index in [-0.39, 0.29) is 23.7 Å². The van der Waals surface area contributed by atoms with E-state index in [9.17, 15) is 25.1 Å². The standard InChI is InChI=1S/C12H13ClN2O5/c1-6-2-10(15(19)20)8(13)4-9(6)14-5-7(16)3-11(14)12(17)18/h2,4,7,11,16H,3,5H2,1H3,(H,17,18). The van der Waals surface area contributed by atoms with Crippen LogP contribution in [0.15, 0.2) is 12.1 Å². The fourth-order valence-corrected chi connectivity index (χ4v) is 2.65. The summed E-state index contributed by atoms with van der Waals surface area (Å²) in [5, 5.41) is 29.6. The molecule has 2 atom stereocenters. The van der Waals surface area contributed by atoms with Crippen LogP contribution >= 0.6 is 11.6 Å². The maximum atomic E-state index is 11.2. The lowest BCUT2D eigenvalue weighted by Gasteiger charge is -2.25. The molecular formula is C12H13ClN2O5. The summed E-state index contributed by atoms with van der Waals surface area (Å²) in [5.41, 5.74) is 0.811. The minimum atomic E-state index is -1.05. The molecule has 2 rings (SSSR count). The molecule has 1 aliphatic heterocycles. The molecule has 1 aromatic rings. The van der Waals surface area contributed by atoms with Gasteiger partial charge >= 0.3 is 5.97 Å². The van der Waals surface area contributed by atoms with Gasteiger partial charge in [0, 0.05) is 24.7 Å². The second-order valence-corrected chi connectivity index (χ2v) is 5.15. The lowest BCUT2D eigenvalue weighted by atomic mass is 10.1. The van der Waals surface area contributed by atoms with Gasteiger partial charge in [0.25, 0.3) is 5.69 Å². The van der Waals surface area contributed by atoms with Crippen LogP contribution in [0.4, 0.5) is 11.4 Å². The number of carboxylic acid groups (broad SMARTS) is 1. The van der Waals surface area contributed by atoms with Crippen molar-refractivity contribution in [1.82, 2.24) is 0 Å². The van der Waals surface area contributed by atoms with Crippen molar-refractivity contribution in [3.8, 4) is 0 Å². The van der Waals surface area contributed by atoms with Crippen LogP contribution in [0.5, 0.6) is 0 Å². The van der Waals surface area contributed by atoms with E-state index >= 15 is 0 Å². The molecule has 0 bridgehead atoms. The van der Waals surface area contributed by atoms with Gasteiger partial charge in [-0.3, -0.25) is 10.1 Å². The summed E-state index contributed by atoms with van der Waals surface area (Å²) >= 11 is 5.86. The highest BCUT2D eigenvalue weighted by Crippen LogP contribution is 2.35. The summed E-state index contributed by atoms with van der Waals surface area (Å²) in [5.74, 6) is -1.05. The zero-order valence-electron chi connectivity index (χ0n) is 10.6. The fraction of sp³-hybridized carbons (Fsp3) is 0.417. The third-order valence-electron chi connectivity index (χ3n) is 3.34. The molecular weight excluding hydrogens is 288 g/mol. The van der Waals surface area contributed by atoms with Gasteiger partial charge < -0.3 is 15.1 Å². The van der Waals surface area contributed by atoms with Gasteiger partial charge in [-0.2, -0.15) is 0 Å². The molecule has 1 fully saturated rings. The Balaban J connectivity index is 2.45. The van der Waals surface area contributed by atoms with E-state index in [0.29, 0.717) is 11.3 Å². The maximum absolute atomic E-state index is 11.2. The summed E-state index contributed by atoms with van der Waals surface area (Å²) in [6.45, 7) is 1.80. The molecule has 0 saturated carbocycles. The molecule has 1 aliphatic rings. The number of anilines is 1. The first-order chi connectivity index (χ1) is 9.31. The number of nitro benzene ring substituents is 1. The molecule has 0 radical (unpaired) electrons. The van der Waals surface area contributed by atoms with Crippen molar-refractivity contribution in [3.05, 3.63) is 32.8 Å². The number of aryl methyl sites for hydroxylation is 1. The van der Waals surface area contributed by atoms with Gasteiger partial charge in [0.2, 0.25) is 0 Å². The topological polar surface area (TPSA) is 104 Å². The number of nitrogens with zero attached hydrogens (tertiary/aromatic N) is 2. The van der Waals surface area contributed by atoms with Crippen LogP contribution in [-0.4, -0.2) is 39.8 Å². The number of aliphatic hydroxyl groups is 1. The first-order valence-electron chi connectivity index (χ1n) is 5.93. The van der Waals surface area contributed by atoms with Crippen molar-refractivity contribution in [1.29, 1.82) is 0 Å². The van der Waals surface area contributed by atoms with E-state index in [2.05, 4.69) is 0 Å². The van der Waals surface area contributed by atoms with E-state index < -0.39 is 23.0 Å². The van der Waals surface area contributed by atoms with E-state index in [1.807, 2.05) is 0 Å². The maximum Gasteiger partial charge on any atom is 0.326 e. The predicted octanol–water partition coefficient (Wildman–Crippen LogP) is 1.58. The molecule has 1 saturated heterocycles. The van der Waals surface area contributed by atoms with Crippen molar-refractivity contribution >= 4 is 28.9 Å².